The minimum atomic E-state index is -0.895. The number of fused-ring (bicyclic) bond motifs is 2. The van der Waals surface area contributed by atoms with E-state index in [1.54, 1.807) is 18.0 Å². The summed E-state index contributed by atoms with van der Waals surface area (Å²) in [5.74, 6) is 1.23. The van der Waals surface area contributed by atoms with Crippen LogP contribution in [0.25, 0.3) is 44.2 Å². The summed E-state index contributed by atoms with van der Waals surface area (Å²) in [5.41, 5.74) is 5.70. The molecule has 2 aromatic heterocycles. The Balaban J connectivity index is 0.00000273. The number of alkyl carbamates (subject to hydrolysis) is 1. The van der Waals surface area contributed by atoms with Crippen LogP contribution in [0.2, 0.25) is 0 Å². The van der Waals surface area contributed by atoms with Gasteiger partial charge in [-0.05, 0) is 84.7 Å². The number of likely N-dealkylation sites (tertiary alicyclic amines) is 2. The van der Waals surface area contributed by atoms with E-state index in [4.69, 9.17) is 24.3 Å². The van der Waals surface area contributed by atoms with Gasteiger partial charge < -0.3 is 39.4 Å². The number of carbonyl (C=O) groups excluding carboxylic acids is 3. The molecule has 0 unspecified atom stereocenters. The van der Waals surface area contributed by atoms with Crippen LogP contribution >= 0.6 is 67.5 Å². The van der Waals surface area contributed by atoms with E-state index in [2.05, 4.69) is 73.7 Å². The van der Waals surface area contributed by atoms with Gasteiger partial charge in [0.1, 0.15) is 23.7 Å². The summed E-state index contributed by atoms with van der Waals surface area (Å²) in [7, 11) is 4.17. The number of ether oxygens (including phenoxy) is 2. The lowest BCUT2D eigenvalue weighted by Crippen LogP contribution is -2.54. The number of carbonyl (C=O) groups is 3. The molecule has 5 aromatic rings. The van der Waals surface area contributed by atoms with Gasteiger partial charge in [0.2, 0.25) is 18.2 Å². The molecule has 15 nitrogen and oxygen atoms in total. The van der Waals surface area contributed by atoms with Gasteiger partial charge in [0.25, 0.3) is 0 Å². The molecule has 7 rings (SSSR count). The molecule has 3 aromatic carbocycles. The first-order valence-corrected chi connectivity index (χ1v) is 19.9. The summed E-state index contributed by atoms with van der Waals surface area (Å²) in [6.45, 7) is 7.00. The summed E-state index contributed by atoms with van der Waals surface area (Å²) in [5, 5.41) is 4.79. The van der Waals surface area contributed by atoms with Crippen molar-refractivity contribution in [2.24, 2.45) is 10.9 Å². The first-order chi connectivity index (χ1) is 28.1. The molecule has 4 heterocycles. The zero-order valence-corrected chi connectivity index (χ0v) is 41.4. The second kappa shape index (κ2) is 24.9. The van der Waals surface area contributed by atoms with E-state index >= 15 is 0 Å². The van der Waals surface area contributed by atoms with Crippen LogP contribution < -0.4 is 5.32 Å². The monoisotopic (exact) mass is 962 g/mol. The number of aromatic nitrogens is 4. The second-order valence-corrected chi connectivity index (χ2v) is 15.1. The molecule has 20 heteroatoms. The van der Waals surface area contributed by atoms with Gasteiger partial charge in [0, 0.05) is 25.8 Å². The van der Waals surface area contributed by atoms with Crippen molar-refractivity contribution >= 4 is 114 Å². The Hall–Kier alpha value is -4.05. The van der Waals surface area contributed by atoms with Crippen LogP contribution in [0.3, 0.4) is 0 Å². The Kier molecular flexibility index (Phi) is 21.7. The predicted molar refractivity (Wildman–Crippen MR) is 272 cm³/mol. The summed E-state index contributed by atoms with van der Waals surface area (Å²) in [6, 6.07) is 17.0. The van der Waals surface area contributed by atoms with Crippen molar-refractivity contribution in [3.05, 3.63) is 72.4 Å². The Morgan fingerprint density at radius 2 is 1.43 bits per heavy atom. The third kappa shape index (κ3) is 12.0. The molecule has 0 aliphatic carbocycles. The number of aliphatic imine (C=N–C) groups is 1. The van der Waals surface area contributed by atoms with Gasteiger partial charge >= 0.3 is 6.09 Å². The highest BCUT2D eigenvalue weighted by Crippen LogP contribution is 2.36. The van der Waals surface area contributed by atoms with Gasteiger partial charge in [-0.25, -0.2) is 19.8 Å². The van der Waals surface area contributed by atoms with E-state index in [1.807, 2.05) is 24.8 Å². The Bertz CT molecular complexity index is 2310. The maximum absolute atomic E-state index is 13.8. The lowest BCUT2D eigenvalue weighted by atomic mass is 9.98. The first-order valence-electron chi connectivity index (χ1n) is 19.9. The van der Waals surface area contributed by atoms with Gasteiger partial charge in [-0.3, -0.25) is 9.59 Å². The van der Waals surface area contributed by atoms with Crippen molar-refractivity contribution in [3.8, 4) is 22.4 Å². The van der Waals surface area contributed by atoms with Gasteiger partial charge in [0.05, 0.1) is 55.3 Å². The second-order valence-electron chi connectivity index (χ2n) is 15.1. The van der Waals surface area contributed by atoms with Crippen molar-refractivity contribution < 1.29 is 33.6 Å². The van der Waals surface area contributed by atoms with Crippen LogP contribution in [-0.4, -0.2) is 107 Å². The molecule has 6 atom stereocenters. The van der Waals surface area contributed by atoms with Gasteiger partial charge in [-0.1, -0.05) is 50.6 Å². The maximum Gasteiger partial charge on any atom is 0.407 e. The van der Waals surface area contributed by atoms with Gasteiger partial charge in [0.15, 0.2) is 0 Å². The van der Waals surface area contributed by atoms with Crippen molar-refractivity contribution in [2.45, 2.75) is 83.1 Å². The molecule has 3 N–H and O–H groups in total. The fraction of sp³-hybridized carbons (Fsp3) is 0.442. The van der Waals surface area contributed by atoms with Crippen LogP contribution in [0.5, 0.6) is 0 Å². The topological polar surface area (TPSA) is 176 Å². The fourth-order valence-corrected chi connectivity index (χ4v) is 8.10. The molecule has 3 amide bonds. The number of hydrogen-bond donors (Lipinski definition) is 3. The number of hydrogen-bond acceptors (Lipinski definition) is 10. The number of rotatable bonds is 14. The summed E-state index contributed by atoms with van der Waals surface area (Å²) >= 11 is 0. The number of aromatic amines is 2. The van der Waals surface area contributed by atoms with Gasteiger partial charge in [-0.2, -0.15) is 72.4 Å². The van der Waals surface area contributed by atoms with Crippen LogP contribution in [0.15, 0.2) is 65.8 Å². The number of nitrogens with one attached hydrogen (secondary N) is 3. The molecule has 346 valence electrons. The van der Waals surface area contributed by atoms with E-state index in [9.17, 15) is 14.4 Å². The van der Waals surface area contributed by atoms with Crippen molar-refractivity contribution in [2.75, 3.05) is 34.4 Å². The molecule has 2 aliphatic heterocycles. The minimum absolute atomic E-state index is 0. The SMILES string of the molecule is CC[C@H](C)[C@H](N=COOC)C(=O)N1CCC[C@H]1c1nc2ccc(-c3ccc4cc(-c5cnc([C@@H]6CCCN6C(=O)[C@@H](NC(=O)OC)[C@@H](C)OC)[nH]5)ccc4c3)cc2[nH]1.S.S.S.S.S. The molecule has 2 fully saturated rings. The van der Waals surface area contributed by atoms with Crippen LogP contribution in [0.4, 0.5) is 4.79 Å². The summed E-state index contributed by atoms with van der Waals surface area (Å²) in [4.78, 5) is 73.7. The minimum Gasteiger partial charge on any atom is -0.453 e. The van der Waals surface area contributed by atoms with E-state index in [1.165, 1.54) is 27.7 Å². The number of amides is 3. The quantitative estimate of drug-likeness (QED) is 0.0442. The highest BCUT2D eigenvalue weighted by Gasteiger charge is 2.39. The van der Waals surface area contributed by atoms with Crippen LogP contribution in [0, 0.1) is 5.92 Å². The fourth-order valence-electron chi connectivity index (χ4n) is 8.10. The van der Waals surface area contributed by atoms with Crippen molar-refractivity contribution in [1.82, 2.24) is 35.1 Å². The number of imidazole rings is 2. The molecule has 0 radical (unpaired) electrons. The Morgan fingerprint density at radius 3 is 2.06 bits per heavy atom. The molecule has 0 bridgehead atoms. The number of nitrogens with zero attached hydrogens (tertiary/aromatic N) is 5. The molecular formula is C43H62N8O7S5. The molecule has 2 aliphatic rings. The van der Waals surface area contributed by atoms with Crippen molar-refractivity contribution in [3.63, 3.8) is 0 Å². The highest BCUT2D eigenvalue weighted by molar-refractivity contribution is 7.60. The third-order valence-electron chi connectivity index (χ3n) is 11.6. The first kappa shape index (κ1) is 55.1. The summed E-state index contributed by atoms with van der Waals surface area (Å²) < 4.78 is 10.2. The number of H-pyrrole nitrogens is 2. The molecule has 0 spiro atoms. The van der Waals surface area contributed by atoms with E-state index < -0.39 is 24.3 Å². The standard InChI is InChI=1S/C43H52N8O7.5H2S/c1-7-25(2)37(45-24-58-57-6)41(52)51-19-9-11-36(51)40-46-32-17-16-30(22-33(32)47-40)28-12-13-29-21-31(15-14-27(29)20-28)34-23-44-39(48-34)35-10-8-18-50(35)42(53)38(26(3)55-4)49-43(54)56-5;;;;;/h12-17,20-26,35-38H,7-11,18-19H2,1-6H3,(H,44,48)(H,46,47)(H,49,54);5*1H2/t25-,26+,35-,36-,37-,38-;;;;;/m0...../s1. The Morgan fingerprint density at radius 1 is 0.825 bits per heavy atom. The van der Waals surface area contributed by atoms with E-state index in [0.717, 1.165) is 82.1 Å². The molecular weight excluding hydrogens is 901 g/mol. The van der Waals surface area contributed by atoms with Crippen LogP contribution in [0.1, 0.15) is 76.6 Å². The Labute approximate surface area is 403 Å². The molecule has 0 saturated carbocycles. The highest BCUT2D eigenvalue weighted by atomic mass is 32.1. The van der Waals surface area contributed by atoms with E-state index in [-0.39, 0.29) is 97.3 Å². The smallest absolute Gasteiger partial charge is 0.407 e. The zero-order valence-electron chi connectivity index (χ0n) is 36.4. The van der Waals surface area contributed by atoms with Gasteiger partial charge in [-0.15, -0.1) is 0 Å². The number of benzene rings is 3. The average Bonchev–Trinajstić information content (AvgIpc) is 4.09. The van der Waals surface area contributed by atoms with Crippen LogP contribution in [-0.2, 0) is 28.8 Å². The van der Waals surface area contributed by atoms with Crippen molar-refractivity contribution in [1.29, 1.82) is 0 Å². The lowest BCUT2D eigenvalue weighted by Gasteiger charge is -2.30. The normalized spacial score (nSPS) is 17.6. The lowest BCUT2D eigenvalue weighted by molar-refractivity contribution is -0.188. The number of methoxy groups -OCH3 is 2. The zero-order chi connectivity index (χ0) is 40.9. The average molecular weight is 963 g/mol. The van der Waals surface area contributed by atoms with E-state index in [0.29, 0.717) is 18.9 Å². The predicted octanol–water partition coefficient (Wildman–Crippen LogP) is 7.44. The molecule has 2 saturated heterocycles. The third-order valence-corrected chi connectivity index (χ3v) is 11.6. The summed E-state index contributed by atoms with van der Waals surface area (Å²) in [6.07, 6.45) is 5.83. The maximum atomic E-state index is 13.8. The largest absolute Gasteiger partial charge is 0.453 e. The molecule has 63 heavy (non-hydrogen) atoms.